The van der Waals surface area contributed by atoms with E-state index in [0.29, 0.717) is 5.70 Å². The molecule has 0 fully saturated rings. The molecule has 3 rings (SSSR count). The number of carbonyl (C=O) groups excluding carboxylic acids is 1. The zero-order valence-corrected chi connectivity index (χ0v) is 9.57. The van der Waals surface area contributed by atoms with Gasteiger partial charge in [0.15, 0.2) is 0 Å². The maximum absolute atomic E-state index is 10.7. The first kappa shape index (κ1) is 9.65. The number of aliphatic carboxylic acids is 1. The molecule has 1 aromatic carbocycles. The molecule has 0 saturated carbocycles. The minimum absolute atomic E-state index is 0. The van der Waals surface area contributed by atoms with Crippen molar-refractivity contribution in [3.05, 3.63) is 34.9 Å². The van der Waals surface area contributed by atoms with Crippen LogP contribution in [0.5, 0.6) is 0 Å². The van der Waals surface area contributed by atoms with Crippen molar-refractivity contribution in [2.75, 3.05) is 0 Å². The molecule has 1 heterocycles. The van der Waals surface area contributed by atoms with Crippen LogP contribution < -0.4 is 34.7 Å². The number of benzene rings is 1. The molecule has 0 bridgehead atoms. The number of rotatable bonds is 1. The SMILES string of the molecule is O=C([O-])C1=C2N=Cc3cccc1c32.[Na+]. The Hall–Kier alpha value is -0.900. The van der Waals surface area contributed by atoms with Crippen LogP contribution in [0.4, 0.5) is 0 Å². The monoisotopic (exact) mass is 193 g/mol. The van der Waals surface area contributed by atoms with Gasteiger partial charge in [0.1, 0.15) is 0 Å². The van der Waals surface area contributed by atoms with Gasteiger partial charge < -0.3 is 9.90 Å². The third-order valence-electron chi connectivity index (χ3n) is 2.38. The van der Waals surface area contributed by atoms with Gasteiger partial charge in [0.05, 0.1) is 11.7 Å². The van der Waals surface area contributed by atoms with Gasteiger partial charge in [-0.3, -0.25) is 4.99 Å². The van der Waals surface area contributed by atoms with E-state index < -0.39 is 5.97 Å². The summed E-state index contributed by atoms with van der Waals surface area (Å²) in [7, 11) is 0. The van der Waals surface area contributed by atoms with Crippen molar-refractivity contribution < 1.29 is 39.5 Å². The molecule has 14 heavy (non-hydrogen) atoms. The summed E-state index contributed by atoms with van der Waals surface area (Å²) in [4.78, 5) is 14.7. The Labute approximate surface area is 102 Å². The second-order valence-corrected chi connectivity index (χ2v) is 3.04. The molecular formula is C10H4NNaO2. The van der Waals surface area contributed by atoms with Gasteiger partial charge in [0.25, 0.3) is 0 Å². The van der Waals surface area contributed by atoms with Crippen molar-refractivity contribution in [2.24, 2.45) is 4.99 Å². The van der Waals surface area contributed by atoms with E-state index in [0.717, 1.165) is 16.7 Å². The maximum Gasteiger partial charge on any atom is 1.00 e. The number of carboxylic acids is 1. The van der Waals surface area contributed by atoms with E-state index in [9.17, 15) is 9.90 Å². The molecule has 3 nitrogen and oxygen atoms in total. The van der Waals surface area contributed by atoms with Crippen molar-refractivity contribution in [3.63, 3.8) is 0 Å². The number of aliphatic imine (C=N–C) groups is 1. The summed E-state index contributed by atoms with van der Waals surface area (Å²) in [5, 5.41) is 10.7. The van der Waals surface area contributed by atoms with E-state index in [2.05, 4.69) is 4.99 Å². The number of carboxylic acid groups (broad SMARTS) is 1. The Kier molecular flexibility index (Phi) is 2.10. The van der Waals surface area contributed by atoms with Crippen LogP contribution in [0.25, 0.3) is 11.3 Å². The summed E-state index contributed by atoms with van der Waals surface area (Å²) in [6.45, 7) is 0. The van der Waals surface area contributed by atoms with E-state index in [-0.39, 0.29) is 35.1 Å². The van der Waals surface area contributed by atoms with Crippen molar-refractivity contribution in [1.29, 1.82) is 0 Å². The molecule has 62 valence electrons. The first-order valence-electron chi connectivity index (χ1n) is 3.92. The molecule has 0 aromatic heterocycles. The van der Waals surface area contributed by atoms with Crippen LogP contribution in [-0.2, 0) is 4.79 Å². The molecule has 0 unspecified atom stereocenters. The largest absolute Gasteiger partial charge is 1.00 e. The van der Waals surface area contributed by atoms with Gasteiger partial charge in [0, 0.05) is 22.9 Å². The molecule has 0 atom stereocenters. The summed E-state index contributed by atoms with van der Waals surface area (Å²) in [6.07, 6.45) is 1.68. The fraction of sp³-hybridized carbons (Fsp3) is 0. The molecule has 1 aliphatic heterocycles. The molecular weight excluding hydrogens is 189 g/mol. The molecule has 1 aromatic rings. The molecule has 4 heteroatoms. The first-order chi connectivity index (χ1) is 6.29. The molecule has 0 spiro atoms. The smallest absolute Gasteiger partial charge is 0.545 e. The zero-order valence-electron chi connectivity index (χ0n) is 7.57. The normalized spacial score (nSPS) is 14.6. The average Bonchev–Trinajstić information content (AvgIpc) is 2.43. The second kappa shape index (κ2) is 3.05. The third kappa shape index (κ3) is 0.974. The van der Waals surface area contributed by atoms with Gasteiger partial charge in [-0.2, -0.15) is 0 Å². The standard InChI is InChI=1S/C10H5NO2.Na/c12-10(13)8-6-3-1-2-5-4-11-9(8)7(5)6;/h1-4H,(H,12,13);/q;+1/p-1. The van der Waals surface area contributed by atoms with Crippen LogP contribution in [0.3, 0.4) is 0 Å². The second-order valence-electron chi connectivity index (χ2n) is 3.04. The molecule has 0 N–H and O–H groups in total. The summed E-state index contributed by atoms with van der Waals surface area (Å²) in [5.74, 6) is -1.14. The van der Waals surface area contributed by atoms with Crippen LogP contribution in [0, 0.1) is 0 Å². The quantitative estimate of drug-likeness (QED) is 0.448. The number of hydrogen-bond donors (Lipinski definition) is 0. The summed E-state index contributed by atoms with van der Waals surface area (Å²) in [5.41, 5.74) is 3.53. The average molecular weight is 193 g/mol. The Morgan fingerprint density at radius 3 is 2.86 bits per heavy atom. The first-order valence-corrected chi connectivity index (χ1v) is 3.92. The molecule has 0 saturated heterocycles. The van der Waals surface area contributed by atoms with Crippen molar-refractivity contribution in [1.82, 2.24) is 0 Å². The Bertz CT molecular complexity index is 503. The van der Waals surface area contributed by atoms with Crippen molar-refractivity contribution >= 4 is 23.5 Å². The molecule has 1 aliphatic carbocycles. The van der Waals surface area contributed by atoms with Gasteiger partial charge in [0.2, 0.25) is 0 Å². The van der Waals surface area contributed by atoms with Crippen LogP contribution in [-0.4, -0.2) is 12.2 Å². The van der Waals surface area contributed by atoms with Crippen LogP contribution in [0.1, 0.15) is 16.7 Å². The summed E-state index contributed by atoms with van der Waals surface area (Å²) < 4.78 is 0. The van der Waals surface area contributed by atoms with E-state index in [1.165, 1.54) is 0 Å². The topological polar surface area (TPSA) is 52.5 Å². The van der Waals surface area contributed by atoms with Crippen LogP contribution >= 0.6 is 0 Å². The predicted molar refractivity (Wildman–Crippen MR) is 45.9 cm³/mol. The van der Waals surface area contributed by atoms with Crippen molar-refractivity contribution in [3.8, 4) is 0 Å². The van der Waals surface area contributed by atoms with E-state index in [4.69, 9.17) is 0 Å². The Balaban J connectivity index is 0.000000750. The molecule has 0 radical (unpaired) electrons. The van der Waals surface area contributed by atoms with Gasteiger partial charge in [-0.1, -0.05) is 18.2 Å². The van der Waals surface area contributed by atoms with E-state index in [1.54, 1.807) is 12.3 Å². The van der Waals surface area contributed by atoms with Gasteiger partial charge in [-0.05, 0) is 5.56 Å². The summed E-state index contributed by atoms with van der Waals surface area (Å²) in [6, 6.07) is 5.52. The third-order valence-corrected chi connectivity index (χ3v) is 2.38. The Morgan fingerprint density at radius 2 is 2.14 bits per heavy atom. The molecule has 0 amide bonds. The van der Waals surface area contributed by atoms with E-state index in [1.807, 2.05) is 12.1 Å². The van der Waals surface area contributed by atoms with Crippen LogP contribution in [0.15, 0.2) is 23.2 Å². The molecule has 2 aliphatic rings. The summed E-state index contributed by atoms with van der Waals surface area (Å²) >= 11 is 0. The minimum Gasteiger partial charge on any atom is -0.545 e. The van der Waals surface area contributed by atoms with Crippen molar-refractivity contribution in [2.45, 2.75) is 0 Å². The number of hydrogen-bond acceptors (Lipinski definition) is 3. The predicted octanol–water partition coefficient (Wildman–Crippen LogP) is -2.95. The van der Waals surface area contributed by atoms with Gasteiger partial charge in [-0.15, -0.1) is 0 Å². The zero-order chi connectivity index (χ0) is 9.00. The minimum atomic E-state index is -1.14. The Morgan fingerprint density at radius 1 is 1.36 bits per heavy atom. The van der Waals surface area contributed by atoms with E-state index >= 15 is 0 Å². The fourth-order valence-electron chi connectivity index (χ4n) is 1.81. The number of nitrogens with zero attached hydrogens (tertiary/aromatic N) is 1. The fourth-order valence-corrected chi connectivity index (χ4v) is 1.81. The van der Waals surface area contributed by atoms with Gasteiger partial charge >= 0.3 is 29.6 Å². The van der Waals surface area contributed by atoms with Gasteiger partial charge in [-0.25, -0.2) is 0 Å². The maximum atomic E-state index is 10.7. The number of carbonyl (C=O) groups is 1. The van der Waals surface area contributed by atoms with Crippen LogP contribution in [0.2, 0.25) is 0 Å².